The van der Waals surface area contributed by atoms with E-state index < -0.39 is 0 Å². The summed E-state index contributed by atoms with van der Waals surface area (Å²) in [5, 5.41) is 4.20. The highest BCUT2D eigenvalue weighted by Crippen LogP contribution is 2.10. The highest BCUT2D eigenvalue weighted by atomic mass is 35.5. The number of hydrogen-bond donors (Lipinski definition) is 1. The molecule has 0 unspecified atom stereocenters. The van der Waals surface area contributed by atoms with E-state index in [0.717, 1.165) is 18.1 Å². The molecule has 0 fully saturated rings. The van der Waals surface area contributed by atoms with Gasteiger partial charge in [0.1, 0.15) is 0 Å². The van der Waals surface area contributed by atoms with Gasteiger partial charge in [0.25, 0.3) is 0 Å². The number of nitrogens with one attached hydrogen (secondary N) is 1. The van der Waals surface area contributed by atoms with E-state index in [4.69, 9.17) is 16.3 Å². The molecule has 0 saturated heterocycles. The molecule has 0 bridgehead atoms. The average Bonchev–Trinajstić information content (AvgIpc) is 2.42. The minimum atomic E-state index is 0.658. The minimum Gasteiger partial charge on any atom is -0.380 e. The van der Waals surface area contributed by atoms with E-state index in [1.54, 1.807) is 7.11 Å². The molecule has 100 valence electrons. The maximum absolute atomic E-state index is 5.86. The second-order valence-corrected chi connectivity index (χ2v) is 4.92. The summed E-state index contributed by atoms with van der Waals surface area (Å²) in [4.78, 5) is 0. The zero-order valence-electron chi connectivity index (χ0n) is 11.0. The van der Waals surface area contributed by atoms with Crippen molar-refractivity contribution >= 4 is 11.6 Å². The molecule has 3 heteroatoms. The number of rotatable bonds is 6. The fourth-order valence-corrected chi connectivity index (χ4v) is 2.08. The van der Waals surface area contributed by atoms with Crippen molar-refractivity contribution in [2.24, 2.45) is 0 Å². The van der Waals surface area contributed by atoms with Crippen LogP contribution in [0.1, 0.15) is 16.7 Å². The Morgan fingerprint density at radius 2 is 1.63 bits per heavy atom. The SMILES string of the molecule is COCc1cccc(CNCc2ccc(Cl)cc2)c1. The Labute approximate surface area is 119 Å². The van der Waals surface area contributed by atoms with Crippen LogP contribution in [0.3, 0.4) is 0 Å². The highest BCUT2D eigenvalue weighted by molar-refractivity contribution is 6.30. The van der Waals surface area contributed by atoms with Crippen LogP contribution in [-0.2, 0) is 24.4 Å². The van der Waals surface area contributed by atoms with Crippen molar-refractivity contribution in [3.63, 3.8) is 0 Å². The molecule has 2 aromatic rings. The summed E-state index contributed by atoms with van der Waals surface area (Å²) >= 11 is 5.86. The largest absolute Gasteiger partial charge is 0.380 e. The maximum atomic E-state index is 5.86. The van der Waals surface area contributed by atoms with Crippen LogP contribution < -0.4 is 5.32 Å². The van der Waals surface area contributed by atoms with Crippen molar-refractivity contribution < 1.29 is 4.74 Å². The van der Waals surface area contributed by atoms with E-state index in [0.29, 0.717) is 6.61 Å². The predicted octanol–water partition coefficient (Wildman–Crippen LogP) is 3.78. The van der Waals surface area contributed by atoms with Crippen LogP contribution >= 0.6 is 11.6 Å². The van der Waals surface area contributed by atoms with Gasteiger partial charge < -0.3 is 10.1 Å². The van der Waals surface area contributed by atoms with Crippen molar-refractivity contribution in [2.75, 3.05) is 7.11 Å². The number of ether oxygens (including phenoxy) is 1. The van der Waals surface area contributed by atoms with Crippen LogP contribution in [0.4, 0.5) is 0 Å². The lowest BCUT2D eigenvalue weighted by molar-refractivity contribution is 0.185. The lowest BCUT2D eigenvalue weighted by atomic mass is 10.1. The molecule has 2 nitrogen and oxygen atoms in total. The van der Waals surface area contributed by atoms with Crippen LogP contribution in [0, 0.1) is 0 Å². The van der Waals surface area contributed by atoms with Gasteiger partial charge in [-0.2, -0.15) is 0 Å². The van der Waals surface area contributed by atoms with E-state index >= 15 is 0 Å². The molecule has 0 spiro atoms. The molecule has 1 N–H and O–H groups in total. The van der Waals surface area contributed by atoms with Crippen LogP contribution in [0.15, 0.2) is 48.5 Å². The first-order valence-corrected chi connectivity index (χ1v) is 6.67. The van der Waals surface area contributed by atoms with Gasteiger partial charge in [-0.15, -0.1) is 0 Å². The van der Waals surface area contributed by atoms with Gasteiger partial charge in [-0.1, -0.05) is 48.0 Å². The third kappa shape index (κ3) is 4.67. The van der Waals surface area contributed by atoms with Crippen LogP contribution in [0.2, 0.25) is 5.02 Å². The summed E-state index contributed by atoms with van der Waals surface area (Å²) in [7, 11) is 1.71. The number of halogens is 1. The fourth-order valence-electron chi connectivity index (χ4n) is 1.95. The first-order valence-electron chi connectivity index (χ1n) is 6.30. The van der Waals surface area contributed by atoms with Gasteiger partial charge in [0.15, 0.2) is 0 Å². The van der Waals surface area contributed by atoms with Gasteiger partial charge in [-0.3, -0.25) is 0 Å². The Morgan fingerprint density at radius 3 is 2.37 bits per heavy atom. The van der Waals surface area contributed by atoms with Crippen molar-refractivity contribution in [1.29, 1.82) is 0 Å². The first-order chi connectivity index (χ1) is 9.28. The Hall–Kier alpha value is -1.35. The fraction of sp³-hybridized carbons (Fsp3) is 0.250. The van der Waals surface area contributed by atoms with Crippen molar-refractivity contribution in [3.05, 3.63) is 70.2 Å². The topological polar surface area (TPSA) is 21.3 Å². The molecular formula is C16H18ClNO. The summed E-state index contributed by atoms with van der Waals surface area (Å²) in [5.41, 5.74) is 3.70. The molecular weight excluding hydrogens is 258 g/mol. The lowest BCUT2D eigenvalue weighted by Gasteiger charge is -2.07. The smallest absolute Gasteiger partial charge is 0.0713 e. The van der Waals surface area contributed by atoms with E-state index in [9.17, 15) is 0 Å². The standard InChI is InChI=1S/C16H18ClNO/c1-19-12-15-4-2-3-14(9-15)11-18-10-13-5-7-16(17)8-6-13/h2-9,18H,10-12H2,1H3. The molecule has 0 aliphatic heterocycles. The second kappa shape index (κ2) is 7.29. The van der Waals surface area contributed by atoms with Crippen molar-refractivity contribution in [1.82, 2.24) is 5.32 Å². The van der Waals surface area contributed by atoms with Gasteiger partial charge in [0.05, 0.1) is 6.61 Å². The van der Waals surface area contributed by atoms with E-state index in [1.807, 2.05) is 24.3 Å². The summed E-state index contributed by atoms with van der Waals surface area (Å²) in [5.74, 6) is 0. The van der Waals surface area contributed by atoms with Crippen molar-refractivity contribution in [2.45, 2.75) is 19.7 Å². The molecule has 0 heterocycles. The summed E-state index contributed by atoms with van der Waals surface area (Å²) in [6.07, 6.45) is 0. The Bertz CT molecular complexity index is 510. The molecule has 0 radical (unpaired) electrons. The third-order valence-electron chi connectivity index (χ3n) is 2.87. The summed E-state index contributed by atoms with van der Waals surface area (Å²) in [6, 6.07) is 16.3. The normalized spacial score (nSPS) is 10.6. The maximum Gasteiger partial charge on any atom is 0.0713 e. The molecule has 0 atom stereocenters. The molecule has 2 rings (SSSR count). The van der Waals surface area contributed by atoms with Crippen LogP contribution in [-0.4, -0.2) is 7.11 Å². The Kier molecular flexibility index (Phi) is 5.40. The van der Waals surface area contributed by atoms with Gasteiger partial charge in [-0.25, -0.2) is 0 Å². The van der Waals surface area contributed by atoms with Gasteiger partial charge in [-0.05, 0) is 28.8 Å². The molecule has 0 aliphatic rings. The van der Waals surface area contributed by atoms with Gasteiger partial charge in [0.2, 0.25) is 0 Å². The molecule has 0 aliphatic carbocycles. The van der Waals surface area contributed by atoms with Gasteiger partial charge in [0, 0.05) is 25.2 Å². The molecule has 0 saturated carbocycles. The van der Waals surface area contributed by atoms with E-state index in [1.165, 1.54) is 16.7 Å². The highest BCUT2D eigenvalue weighted by Gasteiger charge is 1.97. The zero-order valence-corrected chi connectivity index (χ0v) is 11.8. The minimum absolute atomic E-state index is 0.658. The summed E-state index contributed by atoms with van der Waals surface area (Å²) in [6.45, 7) is 2.34. The predicted molar refractivity (Wildman–Crippen MR) is 79.2 cm³/mol. The van der Waals surface area contributed by atoms with Crippen LogP contribution in [0.25, 0.3) is 0 Å². The third-order valence-corrected chi connectivity index (χ3v) is 3.13. The van der Waals surface area contributed by atoms with Crippen LogP contribution in [0.5, 0.6) is 0 Å². The Balaban J connectivity index is 1.85. The molecule has 2 aromatic carbocycles. The molecule has 0 aromatic heterocycles. The molecule has 19 heavy (non-hydrogen) atoms. The van der Waals surface area contributed by atoms with Crippen molar-refractivity contribution in [3.8, 4) is 0 Å². The van der Waals surface area contributed by atoms with E-state index in [2.05, 4.69) is 29.6 Å². The lowest BCUT2D eigenvalue weighted by Crippen LogP contribution is -2.12. The average molecular weight is 276 g/mol. The van der Waals surface area contributed by atoms with E-state index in [-0.39, 0.29) is 0 Å². The molecule has 0 amide bonds. The number of benzene rings is 2. The van der Waals surface area contributed by atoms with Gasteiger partial charge >= 0.3 is 0 Å². The second-order valence-electron chi connectivity index (χ2n) is 4.48. The monoisotopic (exact) mass is 275 g/mol. The summed E-state index contributed by atoms with van der Waals surface area (Å²) < 4.78 is 5.13. The number of hydrogen-bond acceptors (Lipinski definition) is 2. The number of methoxy groups -OCH3 is 1. The zero-order chi connectivity index (χ0) is 13.5. The Morgan fingerprint density at radius 1 is 0.947 bits per heavy atom. The first kappa shape index (κ1) is 14.1. The quantitative estimate of drug-likeness (QED) is 0.866.